The van der Waals surface area contributed by atoms with Crippen molar-refractivity contribution in [1.82, 2.24) is 19.5 Å². The van der Waals surface area contributed by atoms with Crippen LogP contribution in [-0.4, -0.2) is 59.4 Å². The molecular formula is C30H37F3N6O7S. The summed E-state index contributed by atoms with van der Waals surface area (Å²) in [6, 6.07) is 11.1. The standard InChI is InChI=1S/C30H37F3N6O7S/c1-18(2)16-26(37(7)39(42)36-46-21(6)45-29(41)19(3)4)28(40)35-47(43,44)24-14-12-23(13-15-24)38-25(17-27(34-38)30(31,32)33)22-10-8-20(5)9-11-22/h8-15,17-19,21,26H,16H2,1-7H3,(H,35,40)/b39-36+/t21?,26-/m0/s1. The summed E-state index contributed by atoms with van der Waals surface area (Å²) < 4.78 is 75.0. The maximum atomic E-state index is 13.6. The lowest BCUT2D eigenvalue weighted by Gasteiger charge is -2.24. The second-order valence-electron chi connectivity index (χ2n) is 11.5. The second kappa shape index (κ2) is 14.8. The van der Waals surface area contributed by atoms with E-state index in [1.165, 1.54) is 26.1 Å². The maximum absolute atomic E-state index is 13.6. The van der Waals surface area contributed by atoms with E-state index < -0.39 is 52.0 Å². The average Bonchev–Trinajstić information content (AvgIpc) is 3.45. The lowest BCUT2D eigenvalue weighted by atomic mass is 10.0. The summed E-state index contributed by atoms with van der Waals surface area (Å²) in [6.45, 7) is 9.88. The van der Waals surface area contributed by atoms with Gasteiger partial charge in [-0.3, -0.25) is 14.4 Å². The van der Waals surface area contributed by atoms with Gasteiger partial charge in [-0.25, -0.2) is 17.8 Å². The molecule has 1 unspecified atom stereocenters. The van der Waals surface area contributed by atoms with E-state index in [1.54, 1.807) is 52.0 Å². The fourth-order valence-corrected chi connectivity index (χ4v) is 5.17. The number of carbonyl (C=O) groups excluding carboxylic acids is 2. The Morgan fingerprint density at radius 2 is 1.66 bits per heavy atom. The van der Waals surface area contributed by atoms with Crippen molar-refractivity contribution in [3.05, 3.63) is 71.1 Å². The van der Waals surface area contributed by atoms with Crippen LogP contribution in [0.25, 0.3) is 16.9 Å². The van der Waals surface area contributed by atoms with E-state index in [0.717, 1.165) is 33.5 Å². The average molecular weight is 683 g/mol. The molecule has 47 heavy (non-hydrogen) atoms. The van der Waals surface area contributed by atoms with Crippen LogP contribution in [0.3, 0.4) is 0 Å². The third-order valence-corrected chi connectivity index (χ3v) is 8.07. The highest BCUT2D eigenvalue weighted by atomic mass is 32.2. The molecule has 1 N–H and O–H groups in total. The monoisotopic (exact) mass is 682 g/mol. The van der Waals surface area contributed by atoms with E-state index in [2.05, 4.69) is 10.4 Å². The summed E-state index contributed by atoms with van der Waals surface area (Å²) >= 11 is 0. The molecule has 1 heterocycles. The van der Waals surface area contributed by atoms with Crippen LogP contribution in [0, 0.1) is 24.0 Å². The zero-order chi connectivity index (χ0) is 35.3. The van der Waals surface area contributed by atoms with Crippen LogP contribution in [0.15, 0.2) is 64.8 Å². The minimum Gasteiger partial charge on any atom is -0.569 e. The third-order valence-electron chi connectivity index (χ3n) is 6.71. The molecule has 2 atom stereocenters. The van der Waals surface area contributed by atoms with Crippen molar-refractivity contribution in [2.45, 2.75) is 71.4 Å². The number of sulfonamides is 1. The fraction of sp³-hybridized carbons (Fsp3) is 0.433. The number of ether oxygens (including phenoxy) is 1. The van der Waals surface area contributed by atoms with Crippen LogP contribution in [0.5, 0.6) is 0 Å². The molecule has 3 aromatic rings. The lowest BCUT2D eigenvalue weighted by Crippen LogP contribution is -2.49. The Labute approximate surface area is 270 Å². The number of hydrogen-bond acceptors (Lipinski definition) is 9. The molecule has 1 aromatic heterocycles. The smallest absolute Gasteiger partial charge is 0.435 e. The number of benzene rings is 2. The molecular weight excluding hydrogens is 645 g/mol. The molecule has 3 rings (SSSR count). The van der Waals surface area contributed by atoms with Gasteiger partial charge in [0.25, 0.3) is 22.2 Å². The largest absolute Gasteiger partial charge is 0.569 e. The number of rotatable bonds is 13. The van der Waals surface area contributed by atoms with Gasteiger partial charge in [0.1, 0.15) is 0 Å². The van der Waals surface area contributed by atoms with Gasteiger partial charge in [0.05, 0.1) is 34.2 Å². The molecule has 0 bridgehead atoms. The molecule has 0 radical (unpaired) electrons. The molecule has 1 amide bonds. The van der Waals surface area contributed by atoms with Crippen molar-refractivity contribution in [3.63, 3.8) is 0 Å². The Morgan fingerprint density at radius 1 is 1.06 bits per heavy atom. The van der Waals surface area contributed by atoms with E-state index in [4.69, 9.17) is 9.57 Å². The number of hydrazine groups is 1. The molecule has 0 saturated heterocycles. The zero-order valence-corrected chi connectivity index (χ0v) is 27.7. The van der Waals surface area contributed by atoms with Crippen molar-refractivity contribution in [3.8, 4) is 16.9 Å². The SMILES string of the molecule is Cc1ccc(-c2cc(C(F)(F)F)nn2-c2ccc(S(=O)(=O)NC(=O)[C@H](CC(C)C)N(C)/[N+]([O-])=N\OC(C)OC(=O)C(C)C)cc2)cc1. The summed E-state index contributed by atoms with van der Waals surface area (Å²) in [7, 11) is -3.31. The van der Waals surface area contributed by atoms with Gasteiger partial charge in [-0.05, 0) is 49.6 Å². The number of nitrogens with one attached hydrogen (secondary N) is 1. The van der Waals surface area contributed by atoms with E-state index in [-0.39, 0.29) is 33.6 Å². The van der Waals surface area contributed by atoms with E-state index in [9.17, 15) is 36.4 Å². The number of aromatic nitrogens is 2. The predicted molar refractivity (Wildman–Crippen MR) is 163 cm³/mol. The van der Waals surface area contributed by atoms with E-state index >= 15 is 0 Å². The molecule has 0 aliphatic rings. The Morgan fingerprint density at radius 3 is 2.19 bits per heavy atom. The number of alkyl halides is 3. The topological polar surface area (TPSA) is 158 Å². The quantitative estimate of drug-likeness (QED) is 0.0822. The van der Waals surface area contributed by atoms with Crippen molar-refractivity contribution in [2.24, 2.45) is 17.1 Å². The second-order valence-corrected chi connectivity index (χ2v) is 13.2. The highest BCUT2D eigenvalue weighted by molar-refractivity contribution is 7.90. The molecule has 2 aromatic carbocycles. The molecule has 17 heteroatoms. The normalized spacial score (nSPS) is 13.7. The fourth-order valence-electron chi connectivity index (χ4n) is 4.15. The number of esters is 1. The number of carbonyl (C=O) groups is 2. The van der Waals surface area contributed by atoms with E-state index in [1.807, 2.05) is 11.6 Å². The van der Waals surface area contributed by atoms with Crippen LogP contribution >= 0.6 is 0 Å². The van der Waals surface area contributed by atoms with Gasteiger partial charge < -0.3 is 9.94 Å². The number of amides is 1. The van der Waals surface area contributed by atoms with Crippen LogP contribution in [0.1, 0.15) is 52.3 Å². The Kier molecular flexibility index (Phi) is 11.6. The minimum absolute atomic E-state index is 0.0333. The van der Waals surface area contributed by atoms with Gasteiger partial charge in [-0.1, -0.05) is 57.5 Å². The maximum Gasteiger partial charge on any atom is 0.435 e. The Bertz CT molecular complexity index is 1690. The summed E-state index contributed by atoms with van der Waals surface area (Å²) in [5.41, 5.74) is 0.492. The summed E-state index contributed by atoms with van der Waals surface area (Å²) in [5, 5.41) is 20.5. The molecule has 0 aliphatic carbocycles. The number of halogens is 3. The molecule has 0 fully saturated rings. The van der Waals surface area contributed by atoms with Gasteiger partial charge in [0, 0.05) is 12.5 Å². The number of likely N-dealkylation sites (N-methyl/N-ethyl adjacent to an activating group) is 1. The number of hydrogen-bond donors (Lipinski definition) is 1. The summed E-state index contributed by atoms with van der Waals surface area (Å²) in [4.78, 5) is 29.4. The molecule has 0 spiro atoms. The first-order valence-corrected chi connectivity index (χ1v) is 16.0. The van der Waals surface area contributed by atoms with Gasteiger partial charge in [-0.15, -0.1) is 5.01 Å². The number of aryl methyl sites for hydroxylation is 1. The van der Waals surface area contributed by atoms with Crippen LogP contribution in [0.4, 0.5) is 13.2 Å². The summed E-state index contributed by atoms with van der Waals surface area (Å²) in [5.74, 6) is -2.26. The molecule has 0 saturated carbocycles. The van der Waals surface area contributed by atoms with Crippen molar-refractivity contribution < 1.29 is 45.7 Å². The van der Waals surface area contributed by atoms with Crippen molar-refractivity contribution in [1.29, 1.82) is 0 Å². The van der Waals surface area contributed by atoms with Crippen LogP contribution in [-0.2, 0) is 35.4 Å². The lowest BCUT2D eigenvalue weighted by molar-refractivity contribution is -0.712. The molecule has 0 aliphatic heterocycles. The first kappa shape index (κ1) is 36.8. The summed E-state index contributed by atoms with van der Waals surface area (Å²) in [6.07, 6.45) is -5.91. The van der Waals surface area contributed by atoms with Gasteiger partial charge in [-0.2, -0.15) is 18.3 Å². The first-order chi connectivity index (χ1) is 21.8. The minimum atomic E-state index is -4.73. The first-order valence-electron chi connectivity index (χ1n) is 14.5. The van der Waals surface area contributed by atoms with Gasteiger partial charge in [0.15, 0.2) is 11.7 Å². The third kappa shape index (κ3) is 9.67. The highest BCUT2D eigenvalue weighted by Gasteiger charge is 2.36. The highest BCUT2D eigenvalue weighted by Crippen LogP contribution is 2.33. The van der Waals surface area contributed by atoms with Crippen LogP contribution in [0.2, 0.25) is 0 Å². The van der Waals surface area contributed by atoms with Gasteiger partial charge in [0.2, 0.25) is 5.28 Å². The Balaban J connectivity index is 1.84. The van der Waals surface area contributed by atoms with E-state index in [0.29, 0.717) is 5.56 Å². The van der Waals surface area contributed by atoms with Gasteiger partial charge >= 0.3 is 12.1 Å². The van der Waals surface area contributed by atoms with Crippen molar-refractivity contribution in [2.75, 3.05) is 7.05 Å². The number of nitrogens with zero attached hydrogens (tertiary/aromatic N) is 5. The van der Waals surface area contributed by atoms with Crippen LogP contribution < -0.4 is 4.72 Å². The molecule has 256 valence electrons. The zero-order valence-electron chi connectivity index (χ0n) is 26.8. The predicted octanol–water partition coefficient (Wildman–Crippen LogP) is 5.37. The Hall–Kier alpha value is -4.67. The molecule has 13 nitrogen and oxygen atoms in total. The van der Waals surface area contributed by atoms with Crippen molar-refractivity contribution >= 4 is 21.9 Å².